The number of carboxylic acids is 1. The Morgan fingerprint density at radius 1 is 0.952 bits per heavy atom. The zero-order chi connectivity index (χ0) is 29.5. The Labute approximate surface area is 250 Å². The van der Waals surface area contributed by atoms with Gasteiger partial charge in [0.25, 0.3) is 0 Å². The van der Waals surface area contributed by atoms with Gasteiger partial charge in [0.15, 0.2) is 0 Å². The van der Waals surface area contributed by atoms with Crippen molar-refractivity contribution in [2.45, 2.75) is 43.3 Å². The Hall–Kier alpha value is -3.82. The fourth-order valence-electron chi connectivity index (χ4n) is 5.97. The Balaban J connectivity index is 1.20. The summed E-state index contributed by atoms with van der Waals surface area (Å²) in [5.74, 6) is 0.0222. The van der Waals surface area contributed by atoms with Gasteiger partial charge in [0.05, 0.1) is 5.54 Å². The molecular weight excluding hydrogens is 550 g/mol. The lowest BCUT2D eigenvalue weighted by Gasteiger charge is -2.37. The van der Waals surface area contributed by atoms with Crippen LogP contribution >= 0.6 is 11.8 Å². The first kappa shape index (κ1) is 29.7. The molecule has 1 fully saturated rings. The molecule has 0 aromatic heterocycles. The summed E-state index contributed by atoms with van der Waals surface area (Å²) in [6, 6.07) is 25.0. The zero-order valence-electron chi connectivity index (χ0n) is 23.8. The van der Waals surface area contributed by atoms with Gasteiger partial charge in [0.1, 0.15) is 12.6 Å². The van der Waals surface area contributed by atoms with E-state index in [9.17, 15) is 19.5 Å². The number of nitrogens with zero attached hydrogens (tertiary/aromatic N) is 1. The summed E-state index contributed by atoms with van der Waals surface area (Å²) in [5, 5.41) is 15.5. The van der Waals surface area contributed by atoms with Crippen molar-refractivity contribution in [3.05, 3.63) is 95.6 Å². The number of hydrogen-bond donors (Lipinski definition) is 3. The number of nitrogens with one attached hydrogen (secondary N) is 2. The molecule has 1 aliphatic carbocycles. The zero-order valence-corrected chi connectivity index (χ0v) is 24.6. The van der Waals surface area contributed by atoms with Crippen LogP contribution in [0.2, 0.25) is 0 Å². The fraction of sp³-hybridized carbons (Fsp3) is 0.364. The van der Waals surface area contributed by atoms with E-state index < -0.39 is 29.6 Å². The molecule has 2 aliphatic rings. The van der Waals surface area contributed by atoms with Crippen LogP contribution in [0.3, 0.4) is 0 Å². The Morgan fingerprint density at radius 2 is 1.55 bits per heavy atom. The average molecular weight is 588 g/mol. The van der Waals surface area contributed by atoms with E-state index in [1.807, 2.05) is 66.5 Å². The Bertz CT molecular complexity index is 1360. The first-order chi connectivity index (χ1) is 20.3. The lowest BCUT2D eigenvalue weighted by molar-refractivity contribution is -0.142. The van der Waals surface area contributed by atoms with Gasteiger partial charge >= 0.3 is 12.1 Å². The minimum atomic E-state index is -1.10. The minimum Gasteiger partial charge on any atom is -0.480 e. The predicted octanol–water partition coefficient (Wildman–Crippen LogP) is 4.88. The van der Waals surface area contributed by atoms with Crippen molar-refractivity contribution >= 4 is 29.7 Å². The number of rotatable bonds is 11. The number of benzene rings is 3. The van der Waals surface area contributed by atoms with Gasteiger partial charge < -0.3 is 20.5 Å². The van der Waals surface area contributed by atoms with Crippen LogP contribution in [0.25, 0.3) is 11.1 Å². The van der Waals surface area contributed by atoms with Crippen molar-refractivity contribution in [3.63, 3.8) is 0 Å². The van der Waals surface area contributed by atoms with E-state index >= 15 is 0 Å². The number of hydrogen-bond acceptors (Lipinski definition) is 6. The maximum Gasteiger partial charge on any atom is 0.407 e. The number of amides is 2. The summed E-state index contributed by atoms with van der Waals surface area (Å²) in [6.07, 6.45) is 0.625. The van der Waals surface area contributed by atoms with E-state index in [-0.39, 0.29) is 25.5 Å². The minimum absolute atomic E-state index is 0.00999. The van der Waals surface area contributed by atoms with Crippen LogP contribution in [0.5, 0.6) is 0 Å². The second kappa shape index (κ2) is 13.4. The van der Waals surface area contributed by atoms with Gasteiger partial charge in [0, 0.05) is 25.4 Å². The van der Waals surface area contributed by atoms with E-state index in [0.717, 1.165) is 39.3 Å². The van der Waals surface area contributed by atoms with Crippen molar-refractivity contribution in [2.75, 3.05) is 31.7 Å². The molecule has 1 atom stereocenters. The van der Waals surface area contributed by atoms with Crippen LogP contribution in [0, 0.1) is 0 Å². The molecule has 5 rings (SSSR count). The maximum absolute atomic E-state index is 13.2. The molecule has 1 saturated heterocycles. The highest BCUT2D eigenvalue weighted by atomic mass is 32.2. The summed E-state index contributed by atoms with van der Waals surface area (Å²) < 4.78 is 5.79. The largest absolute Gasteiger partial charge is 0.480 e. The monoisotopic (exact) mass is 587 g/mol. The highest BCUT2D eigenvalue weighted by Gasteiger charge is 2.38. The second-order valence-electron chi connectivity index (χ2n) is 11.2. The number of alkyl carbamates (subject to hydrolysis) is 1. The third-order valence-electron chi connectivity index (χ3n) is 8.08. The maximum atomic E-state index is 13.2. The molecule has 9 heteroatoms. The second-order valence-corrected chi connectivity index (χ2v) is 12.4. The van der Waals surface area contributed by atoms with Crippen molar-refractivity contribution in [1.82, 2.24) is 15.5 Å². The lowest BCUT2D eigenvalue weighted by Crippen LogP contribution is -2.55. The molecule has 0 saturated carbocycles. The Kier molecular flexibility index (Phi) is 9.49. The molecule has 8 nitrogen and oxygen atoms in total. The third kappa shape index (κ3) is 7.14. The fourth-order valence-corrected chi connectivity index (χ4v) is 7.24. The van der Waals surface area contributed by atoms with Crippen LogP contribution in [-0.4, -0.2) is 71.3 Å². The topological polar surface area (TPSA) is 108 Å². The van der Waals surface area contributed by atoms with Gasteiger partial charge in [-0.3, -0.25) is 9.69 Å². The first-order valence-corrected chi connectivity index (χ1v) is 15.4. The van der Waals surface area contributed by atoms with E-state index in [4.69, 9.17) is 4.74 Å². The first-order valence-electron chi connectivity index (χ1n) is 14.3. The molecule has 3 aromatic rings. The molecule has 42 heavy (non-hydrogen) atoms. The third-order valence-corrected chi connectivity index (χ3v) is 9.07. The molecule has 0 radical (unpaired) electrons. The van der Waals surface area contributed by atoms with Crippen LogP contribution in [-0.2, 0) is 20.9 Å². The molecule has 3 aromatic carbocycles. The van der Waals surface area contributed by atoms with E-state index in [1.54, 1.807) is 11.8 Å². The van der Waals surface area contributed by atoms with Gasteiger partial charge in [-0.2, -0.15) is 11.8 Å². The van der Waals surface area contributed by atoms with Crippen LogP contribution < -0.4 is 10.6 Å². The number of likely N-dealkylation sites (N-methyl/N-ethyl adjacent to an activating group) is 1. The van der Waals surface area contributed by atoms with Crippen molar-refractivity contribution in [1.29, 1.82) is 0 Å². The highest BCUT2D eigenvalue weighted by Crippen LogP contribution is 2.44. The number of aliphatic carboxylic acids is 1. The quantitative estimate of drug-likeness (QED) is 0.293. The van der Waals surface area contributed by atoms with E-state index in [2.05, 4.69) is 34.9 Å². The number of carbonyl (C=O) groups excluding carboxylic acids is 2. The number of thioether (sulfide) groups is 1. The molecule has 1 unspecified atom stereocenters. The lowest BCUT2D eigenvalue weighted by atomic mass is 9.88. The van der Waals surface area contributed by atoms with Crippen molar-refractivity contribution in [2.24, 2.45) is 0 Å². The molecule has 2 amide bonds. The van der Waals surface area contributed by atoms with Crippen LogP contribution in [0.15, 0.2) is 78.9 Å². The van der Waals surface area contributed by atoms with Gasteiger partial charge in [-0.05, 0) is 59.2 Å². The summed E-state index contributed by atoms with van der Waals surface area (Å²) in [7, 11) is 1.83. The number of carboxylic acid groups (broad SMARTS) is 1. The Morgan fingerprint density at radius 3 is 2.17 bits per heavy atom. The predicted molar refractivity (Wildman–Crippen MR) is 164 cm³/mol. The smallest absolute Gasteiger partial charge is 0.407 e. The molecule has 0 spiro atoms. The molecular formula is C33H37N3O5S. The number of carbonyl (C=O) groups is 3. The standard InChI is InChI=1S/C33H37N3O5S/c1-36(20-23-9-3-2-4-10-23)21-29(31(38)39)34-30(37)19-33(15-17-42-18-16-33)35-32(40)41-22-28-26-13-7-5-11-24(26)25-12-6-8-14-27(25)28/h2-14,28-29H,15-22H2,1H3,(H,34,37)(H,35,40)(H,38,39). The number of ether oxygens (including phenoxy) is 1. The average Bonchev–Trinajstić information content (AvgIpc) is 3.30. The molecule has 220 valence electrons. The summed E-state index contributed by atoms with van der Waals surface area (Å²) in [4.78, 5) is 40.3. The van der Waals surface area contributed by atoms with Gasteiger partial charge in [-0.25, -0.2) is 9.59 Å². The molecule has 3 N–H and O–H groups in total. The summed E-state index contributed by atoms with van der Waals surface area (Å²) >= 11 is 1.77. The summed E-state index contributed by atoms with van der Waals surface area (Å²) in [5.41, 5.74) is 4.83. The van der Waals surface area contributed by atoms with E-state index in [1.165, 1.54) is 0 Å². The molecule has 0 bridgehead atoms. The van der Waals surface area contributed by atoms with Gasteiger partial charge in [-0.1, -0.05) is 78.9 Å². The van der Waals surface area contributed by atoms with Crippen LogP contribution in [0.4, 0.5) is 4.79 Å². The number of fused-ring (bicyclic) bond motifs is 3. The molecule has 1 aliphatic heterocycles. The van der Waals surface area contributed by atoms with Crippen LogP contribution in [0.1, 0.15) is 41.9 Å². The van der Waals surface area contributed by atoms with Crippen molar-refractivity contribution < 1.29 is 24.2 Å². The van der Waals surface area contributed by atoms with Gasteiger partial charge in [-0.15, -0.1) is 0 Å². The molecule has 1 heterocycles. The van der Waals surface area contributed by atoms with Gasteiger partial charge in [0.2, 0.25) is 5.91 Å². The SMILES string of the molecule is CN(Cc1ccccc1)CC(NC(=O)CC1(NC(=O)OCC2c3ccccc3-c3ccccc32)CCSCC1)C(=O)O. The summed E-state index contributed by atoms with van der Waals surface area (Å²) in [6.45, 7) is 0.898. The van der Waals surface area contributed by atoms with E-state index in [0.29, 0.717) is 19.4 Å². The normalized spacial score (nSPS) is 16.2. The van der Waals surface area contributed by atoms with Crippen molar-refractivity contribution in [3.8, 4) is 11.1 Å². The highest BCUT2D eigenvalue weighted by molar-refractivity contribution is 7.99.